The van der Waals surface area contributed by atoms with Gasteiger partial charge in [0.2, 0.25) is 0 Å². The molecule has 0 aliphatic rings. The number of non-ortho nitro benzene ring substituents is 1. The predicted molar refractivity (Wildman–Crippen MR) is 60.3 cm³/mol. The molecule has 8 heteroatoms. The third-order valence-corrected chi connectivity index (χ3v) is 2.46. The highest BCUT2D eigenvalue weighted by atomic mass is 35.5. The summed E-state index contributed by atoms with van der Waals surface area (Å²) in [5, 5.41) is 10.2. The molecule has 86 valence electrons. The molecule has 0 N–H and O–H groups in total. The molecule has 0 bridgehead atoms. The lowest BCUT2D eigenvalue weighted by Gasteiger charge is -1.97. The van der Waals surface area contributed by atoms with Crippen molar-refractivity contribution in [3.8, 4) is 0 Å². The van der Waals surface area contributed by atoms with Gasteiger partial charge in [0.25, 0.3) is 15.7 Å². The van der Waals surface area contributed by atoms with E-state index in [0.717, 1.165) is 12.3 Å². The topological polar surface area (TPSA) is 89.6 Å². The van der Waals surface area contributed by atoms with Crippen LogP contribution >= 0.6 is 11.6 Å². The zero-order valence-electron chi connectivity index (χ0n) is 8.12. The van der Waals surface area contributed by atoms with Crippen LogP contribution in [0.2, 0.25) is 0 Å². The number of nitro benzene ring substituents is 1. The van der Waals surface area contributed by atoms with E-state index in [0.29, 0.717) is 0 Å². The number of hydrogen-bond acceptors (Lipinski definition) is 4. The van der Waals surface area contributed by atoms with Crippen molar-refractivity contribution >= 4 is 32.5 Å². The summed E-state index contributed by atoms with van der Waals surface area (Å²) in [6.07, 6.45) is 0.882. The first-order chi connectivity index (χ1) is 7.29. The molecule has 1 aromatic carbocycles. The van der Waals surface area contributed by atoms with E-state index in [9.17, 15) is 18.5 Å². The Kier molecular flexibility index (Phi) is 3.61. The molecule has 0 spiro atoms. The fourth-order valence-electron chi connectivity index (χ4n) is 0.946. The lowest BCUT2D eigenvalue weighted by molar-refractivity contribution is -0.384. The van der Waals surface area contributed by atoms with Gasteiger partial charge in [0.05, 0.1) is 11.2 Å². The van der Waals surface area contributed by atoms with E-state index in [4.69, 9.17) is 11.6 Å². The molecule has 0 unspecified atom stereocenters. The fraction of sp³-hybridized carbons (Fsp3) is 0.125. The Morgan fingerprint density at radius 3 is 2.62 bits per heavy atom. The van der Waals surface area contributed by atoms with Crippen molar-refractivity contribution in [2.24, 2.45) is 4.40 Å². The van der Waals surface area contributed by atoms with Crippen LogP contribution in [0, 0.1) is 10.1 Å². The summed E-state index contributed by atoms with van der Waals surface area (Å²) in [7, 11) is -3.62. The summed E-state index contributed by atoms with van der Waals surface area (Å²) >= 11 is 5.62. The summed E-state index contributed by atoms with van der Waals surface area (Å²) < 4.78 is 24.9. The summed E-state index contributed by atoms with van der Waals surface area (Å²) in [6.45, 7) is 0. The number of sulfonamides is 1. The van der Waals surface area contributed by atoms with Crippen LogP contribution in [0.1, 0.15) is 5.56 Å². The SMILES string of the molecule is CS(=O)(=O)/N=C(\Cl)c1cccc([N+](=O)[O-])c1. The van der Waals surface area contributed by atoms with Gasteiger partial charge >= 0.3 is 0 Å². The van der Waals surface area contributed by atoms with Crippen molar-refractivity contribution in [1.29, 1.82) is 0 Å². The smallest absolute Gasteiger partial charge is 0.258 e. The number of nitro groups is 1. The molecule has 6 nitrogen and oxygen atoms in total. The monoisotopic (exact) mass is 262 g/mol. The molecule has 0 aliphatic carbocycles. The van der Waals surface area contributed by atoms with E-state index < -0.39 is 14.9 Å². The molecule has 1 aromatic rings. The Morgan fingerprint density at radius 2 is 2.12 bits per heavy atom. The predicted octanol–water partition coefficient (Wildman–Crippen LogP) is 1.54. The Bertz CT molecular complexity index is 553. The summed E-state index contributed by atoms with van der Waals surface area (Å²) in [4.78, 5) is 9.86. The van der Waals surface area contributed by atoms with Gasteiger partial charge in [-0.2, -0.15) is 4.40 Å². The van der Waals surface area contributed by atoms with E-state index in [1.54, 1.807) is 0 Å². The Hall–Kier alpha value is -1.47. The second-order valence-electron chi connectivity index (χ2n) is 2.92. The molecule has 0 saturated heterocycles. The highest BCUT2D eigenvalue weighted by Gasteiger charge is 2.10. The van der Waals surface area contributed by atoms with Gasteiger partial charge in [0, 0.05) is 17.7 Å². The third-order valence-electron chi connectivity index (χ3n) is 1.54. The van der Waals surface area contributed by atoms with E-state index in [1.807, 2.05) is 0 Å². The molecule has 0 saturated carbocycles. The zero-order valence-corrected chi connectivity index (χ0v) is 9.70. The number of benzene rings is 1. The van der Waals surface area contributed by atoms with Crippen molar-refractivity contribution in [3.05, 3.63) is 39.9 Å². The number of nitrogens with zero attached hydrogens (tertiary/aromatic N) is 2. The van der Waals surface area contributed by atoms with E-state index in [-0.39, 0.29) is 16.4 Å². The van der Waals surface area contributed by atoms with Gasteiger partial charge in [-0.15, -0.1) is 0 Å². The molecular weight excluding hydrogens is 256 g/mol. The number of halogens is 1. The Labute approximate surface area is 96.8 Å². The minimum Gasteiger partial charge on any atom is -0.258 e. The van der Waals surface area contributed by atoms with Gasteiger partial charge in [-0.25, -0.2) is 8.42 Å². The van der Waals surface area contributed by atoms with Crippen LogP contribution < -0.4 is 0 Å². The standard InChI is InChI=1S/C8H7ClN2O4S/c1-16(14,15)10-8(9)6-3-2-4-7(5-6)11(12)13/h2-5H,1H3/b10-8-. The van der Waals surface area contributed by atoms with E-state index >= 15 is 0 Å². The second kappa shape index (κ2) is 4.58. The Morgan fingerprint density at radius 1 is 1.50 bits per heavy atom. The molecule has 0 amide bonds. The average molecular weight is 263 g/mol. The normalized spacial score (nSPS) is 12.5. The van der Waals surface area contributed by atoms with Crippen LogP contribution in [-0.4, -0.2) is 24.8 Å². The molecule has 0 aromatic heterocycles. The van der Waals surface area contributed by atoms with Gasteiger partial charge in [-0.3, -0.25) is 10.1 Å². The minimum atomic E-state index is -3.62. The third kappa shape index (κ3) is 3.59. The van der Waals surface area contributed by atoms with Gasteiger partial charge in [-0.05, 0) is 0 Å². The minimum absolute atomic E-state index is 0.181. The van der Waals surface area contributed by atoms with E-state index in [1.165, 1.54) is 18.2 Å². The molecule has 0 radical (unpaired) electrons. The molecular formula is C8H7ClN2O4S. The van der Waals surface area contributed by atoms with Crippen LogP contribution in [-0.2, 0) is 10.0 Å². The lowest BCUT2D eigenvalue weighted by Crippen LogP contribution is -1.99. The van der Waals surface area contributed by atoms with E-state index in [2.05, 4.69) is 4.40 Å². The average Bonchev–Trinajstić information content (AvgIpc) is 2.15. The quantitative estimate of drug-likeness (QED) is 0.469. The van der Waals surface area contributed by atoms with Crippen LogP contribution in [0.25, 0.3) is 0 Å². The van der Waals surface area contributed by atoms with Gasteiger partial charge < -0.3 is 0 Å². The largest absolute Gasteiger partial charge is 0.270 e. The fourth-order valence-corrected chi connectivity index (χ4v) is 1.84. The first-order valence-electron chi connectivity index (χ1n) is 4.00. The van der Waals surface area contributed by atoms with Crippen LogP contribution in [0.3, 0.4) is 0 Å². The number of hydrogen-bond donors (Lipinski definition) is 0. The maximum atomic E-state index is 10.8. The van der Waals surface area contributed by atoms with Crippen molar-refractivity contribution in [1.82, 2.24) is 0 Å². The molecule has 1 rings (SSSR count). The van der Waals surface area contributed by atoms with Gasteiger partial charge in [-0.1, -0.05) is 23.7 Å². The summed E-state index contributed by atoms with van der Waals surface area (Å²) in [5.74, 6) is 0. The molecule has 0 heterocycles. The van der Waals surface area contributed by atoms with Crippen molar-refractivity contribution < 1.29 is 13.3 Å². The zero-order chi connectivity index (χ0) is 12.3. The molecule has 0 atom stereocenters. The second-order valence-corrected chi connectivity index (χ2v) is 4.93. The first-order valence-corrected chi connectivity index (χ1v) is 6.22. The van der Waals surface area contributed by atoms with Crippen LogP contribution in [0.5, 0.6) is 0 Å². The maximum Gasteiger partial charge on any atom is 0.270 e. The molecule has 0 fully saturated rings. The Balaban J connectivity index is 3.20. The lowest BCUT2D eigenvalue weighted by atomic mass is 10.2. The summed E-state index contributed by atoms with van der Waals surface area (Å²) in [6, 6.07) is 5.25. The van der Waals surface area contributed by atoms with Crippen LogP contribution in [0.4, 0.5) is 5.69 Å². The molecule has 16 heavy (non-hydrogen) atoms. The first kappa shape index (κ1) is 12.6. The highest BCUT2D eigenvalue weighted by Crippen LogP contribution is 2.15. The van der Waals surface area contributed by atoms with Crippen molar-refractivity contribution in [2.75, 3.05) is 6.26 Å². The van der Waals surface area contributed by atoms with Gasteiger partial charge in [0.1, 0.15) is 5.17 Å². The maximum absolute atomic E-state index is 10.8. The van der Waals surface area contributed by atoms with Crippen molar-refractivity contribution in [3.63, 3.8) is 0 Å². The molecule has 0 aliphatic heterocycles. The number of rotatable bonds is 3. The van der Waals surface area contributed by atoms with Crippen LogP contribution in [0.15, 0.2) is 28.7 Å². The van der Waals surface area contributed by atoms with Gasteiger partial charge in [0.15, 0.2) is 0 Å². The summed E-state index contributed by atoms with van der Waals surface area (Å²) in [5.41, 5.74) is 0.000595. The van der Waals surface area contributed by atoms with Crippen molar-refractivity contribution in [2.45, 2.75) is 0 Å². The highest BCUT2D eigenvalue weighted by molar-refractivity contribution is 7.89.